The Morgan fingerprint density at radius 1 is 1.48 bits per heavy atom. The van der Waals surface area contributed by atoms with Gasteiger partial charge < -0.3 is 15.1 Å². The molecule has 0 aliphatic carbocycles. The molecule has 5 nitrogen and oxygen atoms in total. The zero-order valence-electron chi connectivity index (χ0n) is 12.7. The van der Waals surface area contributed by atoms with Crippen molar-refractivity contribution in [3.63, 3.8) is 0 Å². The van der Waals surface area contributed by atoms with E-state index in [0.717, 1.165) is 25.8 Å². The molecule has 1 saturated heterocycles. The van der Waals surface area contributed by atoms with Crippen LogP contribution in [0.25, 0.3) is 0 Å². The van der Waals surface area contributed by atoms with Crippen molar-refractivity contribution in [2.24, 2.45) is 5.92 Å². The highest BCUT2D eigenvalue weighted by atomic mass is 32.1. The van der Waals surface area contributed by atoms with Crippen LogP contribution in [-0.4, -0.2) is 55.5 Å². The molecule has 2 heterocycles. The lowest BCUT2D eigenvalue weighted by atomic mass is 9.97. The number of hydrogen-bond acceptors (Lipinski definition) is 3. The molecule has 116 valence electrons. The van der Waals surface area contributed by atoms with Gasteiger partial charge in [0.05, 0.1) is 5.92 Å². The van der Waals surface area contributed by atoms with Gasteiger partial charge in [0.2, 0.25) is 5.91 Å². The standard InChI is InChI=1S/C15H23N3O2S/c1-17(2)15(20)18-9-3-5-12(11-18)14(19)16-8-7-13-6-4-10-21-13/h4,6,10,12H,3,5,7-9,11H2,1-2H3,(H,16,19)/t12-/m0/s1. The van der Waals surface area contributed by atoms with E-state index in [1.807, 2.05) is 11.4 Å². The maximum Gasteiger partial charge on any atom is 0.319 e. The average Bonchev–Trinajstić information content (AvgIpc) is 2.99. The third kappa shape index (κ3) is 4.46. The molecule has 0 aromatic carbocycles. The van der Waals surface area contributed by atoms with Gasteiger partial charge in [-0.3, -0.25) is 4.79 Å². The van der Waals surface area contributed by atoms with Crippen molar-refractivity contribution in [1.82, 2.24) is 15.1 Å². The van der Waals surface area contributed by atoms with Crippen molar-refractivity contribution in [1.29, 1.82) is 0 Å². The van der Waals surface area contributed by atoms with Gasteiger partial charge in [0, 0.05) is 38.6 Å². The summed E-state index contributed by atoms with van der Waals surface area (Å²) in [5, 5.41) is 5.04. The van der Waals surface area contributed by atoms with Crippen LogP contribution in [0.2, 0.25) is 0 Å². The fourth-order valence-corrected chi connectivity index (χ4v) is 3.26. The number of likely N-dealkylation sites (tertiary alicyclic amines) is 1. The van der Waals surface area contributed by atoms with Gasteiger partial charge >= 0.3 is 6.03 Å². The Hall–Kier alpha value is -1.56. The van der Waals surface area contributed by atoms with Gasteiger partial charge in [-0.25, -0.2) is 4.79 Å². The molecule has 0 unspecified atom stereocenters. The van der Waals surface area contributed by atoms with Crippen LogP contribution in [0.1, 0.15) is 17.7 Å². The van der Waals surface area contributed by atoms with E-state index in [9.17, 15) is 9.59 Å². The SMILES string of the molecule is CN(C)C(=O)N1CCC[C@H](C(=O)NCCc2cccs2)C1. The summed E-state index contributed by atoms with van der Waals surface area (Å²) in [4.78, 5) is 28.8. The summed E-state index contributed by atoms with van der Waals surface area (Å²) < 4.78 is 0. The normalized spacial score (nSPS) is 18.4. The van der Waals surface area contributed by atoms with Gasteiger partial charge in [-0.1, -0.05) is 6.07 Å². The smallest absolute Gasteiger partial charge is 0.319 e. The van der Waals surface area contributed by atoms with Crippen LogP contribution in [0.5, 0.6) is 0 Å². The number of carbonyl (C=O) groups is 2. The lowest BCUT2D eigenvalue weighted by molar-refractivity contribution is -0.126. The van der Waals surface area contributed by atoms with Gasteiger partial charge in [0.1, 0.15) is 0 Å². The third-order valence-electron chi connectivity index (χ3n) is 3.70. The summed E-state index contributed by atoms with van der Waals surface area (Å²) in [5.41, 5.74) is 0. The molecule has 0 saturated carbocycles. The Morgan fingerprint density at radius 2 is 2.29 bits per heavy atom. The molecule has 2 rings (SSSR count). The highest BCUT2D eigenvalue weighted by molar-refractivity contribution is 7.09. The first-order valence-corrected chi connectivity index (χ1v) is 8.22. The molecule has 1 aromatic rings. The predicted octanol–water partition coefficient (Wildman–Crippen LogP) is 1.80. The molecule has 1 aliphatic heterocycles. The molecule has 1 aromatic heterocycles. The number of carbonyl (C=O) groups excluding carboxylic acids is 2. The van der Waals surface area contributed by atoms with Crippen molar-refractivity contribution >= 4 is 23.3 Å². The first-order valence-electron chi connectivity index (χ1n) is 7.34. The second-order valence-corrected chi connectivity index (χ2v) is 6.61. The first-order chi connectivity index (χ1) is 10.1. The second kappa shape index (κ2) is 7.45. The Kier molecular flexibility index (Phi) is 5.61. The quantitative estimate of drug-likeness (QED) is 0.922. The number of rotatable bonds is 4. The number of thiophene rings is 1. The number of hydrogen-bond donors (Lipinski definition) is 1. The van der Waals surface area contributed by atoms with E-state index in [4.69, 9.17) is 0 Å². The summed E-state index contributed by atoms with van der Waals surface area (Å²) in [7, 11) is 3.49. The number of urea groups is 1. The zero-order chi connectivity index (χ0) is 15.2. The fraction of sp³-hybridized carbons (Fsp3) is 0.600. The van der Waals surface area contributed by atoms with Crippen molar-refractivity contribution in [3.05, 3.63) is 22.4 Å². The molecule has 1 N–H and O–H groups in total. The Labute approximate surface area is 129 Å². The van der Waals surface area contributed by atoms with E-state index in [1.54, 1.807) is 35.2 Å². The molecule has 1 fully saturated rings. The number of nitrogens with zero attached hydrogens (tertiary/aromatic N) is 2. The molecule has 0 spiro atoms. The summed E-state index contributed by atoms with van der Waals surface area (Å²) in [6.07, 6.45) is 2.63. The Balaban J connectivity index is 1.77. The summed E-state index contributed by atoms with van der Waals surface area (Å²) >= 11 is 1.71. The van der Waals surface area contributed by atoms with Crippen LogP contribution >= 0.6 is 11.3 Å². The molecule has 6 heteroatoms. The van der Waals surface area contributed by atoms with Crippen LogP contribution in [0.15, 0.2) is 17.5 Å². The van der Waals surface area contributed by atoms with E-state index in [0.29, 0.717) is 13.1 Å². The number of piperidine rings is 1. The second-order valence-electron chi connectivity index (χ2n) is 5.58. The van der Waals surface area contributed by atoms with Crippen LogP contribution < -0.4 is 5.32 Å². The number of amides is 3. The first kappa shape index (κ1) is 15.8. The molecule has 1 aliphatic rings. The molecule has 0 radical (unpaired) electrons. The van der Waals surface area contributed by atoms with E-state index in [-0.39, 0.29) is 17.9 Å². The maximum absolute atomic E-state index is 12.2. The molecular formula is C15H23N3O2S. The summed E-state index contributed by atoms with van der Waals surface area (Å²) in [6.45, 7) is 1.94. The van der Waals surface area contributed by atoms with E-state index in [2.05, 4.69) is 11.4 Å². The van der Waals surface area contributed by atoms with Gasteiger partial charge in [-0.2, -0.15) is 0 Å². The highest BCUT2D eigenvalue weighted by Crippen LogP contribution is 2.17. The summed E-state index contributed by atoms with van der Waals surface area (Å²) in [5.74, 6) is -0.00574. The van der Waals surface area contributed by atoms with Gasteiger partial charge in [-0.05, 0) is 30.7 Å². The zero-order valence-corrected chi connectivity index (χ0v) is 13.5. The minimum absolute atomic E-state index is 0.00825. The molecule has 21 heavy (non-hydrogen) atoms. The molecule has 3 amide bonds. The minimum atomic E-state index is -0.0778. The van der Waals surface area contributed by atoms with Crippen molar-refractivity contribution in [3.8, 4) is 0 Å². The summed E-state index contributed by atoms with van der Waals surface area (Å²) in [6, 6.07) is 4.09. The predicted molar refractivity (Wildman–Crippen MR) is 84.4 cm³/mol. The maximum atomic E-state index is 12.2. The van der Waals surface area contributed by atoms with Crippen LogP contribution in [-0.2, 0) is 11.2 Å². The van der Waals surface area contributed by atoms with Crippen LogP contribution in [0.3, 0.4) is 0 Å². The molecule has 0 bridgehead atoms. The van der Waals surface area contributed by atoms with Crippen LogP contribution in [0, 0.1) is 5.92 Å². The average molecular weight is 309 g/mol. The fourth-order valence-electron chi connectivity index (χ4n) is 2.56. The Morgan fingerprint density at radius 3 is 2.95 bits per heavy atom. The van der Waals surface area contributed by atoms with E-state index in [1.165, 1.54) is 4.88 Å². The monoisotopic (exact) mass is 309 g/mol. The van der Waals surface area contributed by atoms with E-state index < -0.39 is 0 Å². The van der Waals surface area contributed by atoms with Gasteiger partial charge in [-0.15, -0.1) is 11.3 Å². The minimum Gasteiger partial charge on any atom is -0.355 e. The van der Waals surface area contributed by atoms with E-state index >= 15 is 0 Å². The molecular weight excluding hydrogens is 286 g/mol. The Bertz CT molecular complexity index is 473. The topological polar surface area (TPSA) is 52.7 Å². The lowest BCUT2D eigenvalue weighted by Gasteiger charge is -2.33. The number of nitrogens with one attached hydrogen (secondary N) is 1. The van der Waals surface area contributed by atoms with Crippen molar-refractivity contribution in [2.75, 3.05) is 33.7 Å². The van der Waals surface area contributed by atoms with Gasteiger partial charge in [0.25, 0.3) is 0 Å². The molecule has 1 atom stereocenters. The lowest BCUT2D eigenvalue weighted by Crippen LogP contribution is -2.48. The van der Waals surface area contributed by atoms with Crippen molar-refractivity contribution in [2.45, 2.75) is 19.3 Å². The van der Waals surface area contributed by atoms with Gasteiger partial charge in [0.15, 0.2) is 0 Å². The largest absolute Gasteiger partial charge is 0.355 e. The highest BCUT2D eigenvalue weighted by Gasteiger charge is 2.28. The van der Waals surface area contributed by atoms with Crippen LogP contribution in [0.4, 0.5) is 4.79 Å². The third-order valence-corrected chi connectivity index (χ3v) is 4.63. The van der Waals surface area contributed by atoms with Crippen molar-refractivity contribution < 1.29 is 9.59 Å².